The lowest BCUT2D eigenvalue weighted by Crippen LogP contribution is -2.37. The summed E-state index contributed by atoms with van der Waals surface area (Å²) in [4.78, 5) is 37.6. The number of hydrogen-bond donors (Lipinski definition) is 1. The van der Waals surface area contributed by atoms with E-state index in [1.165, 1.54) is 24.0 Å². The number of carbonyl (C=O) groups excluding carboxylic acids is 2. The Morgan fingerprint density at radius 1 is 0.717 bits per heavy atom. The van der Waals surface area contributed by atoms with E-state index < -0.39 is 32.5 Å². The summed E-state index contributed by atoms with van der Waals surface area (Å²) >= 11 is 0. The fourth-order valence-corrected chi connectivity index (χ4v) is 7.03. The summed E-state index contributed by atoms with van der Waals surface area (Å²) in [6.07, 6.45) is 33.4. The number of nitrogens with zero attached hydrogens (tertiary/aromatic N) is 1. The van der Waals surface area contributed by atoms with Crippen LogP contribution in [0.15, 0.2) is 53.0 Å². The molecule has 60 heavy (non-hydrogen) atoms. The van der Waals surface area contributed by atoms with Crippen molar-refractivity contribution in [2.45, 2.75) is 175 Å². The maximum atomic E-state index is 12.7. The molecule has 0 bridgehead atoms. The van der Waals surface area contributed by atoms with Crippen molar-refractivity contribution in [3.63, 3.8) is 0 Å². The van der Waals surface area contributed by atoms with Gasteiger partial charge < -0.3 is 37.4 Å². The summed E-state index contributed by atoms with van der Waals surface area (Å²) in [7, 11) is 1.08. The molecule has 12 heteroatoms. The maximum absolute atomic E-state index is 12.7. The second-order valence-corrected chi connectivity index (χ2v) is 18.2. The molecule has 0 spiro atoms. The minimum absolute atomic E-state index is 0.0546. The number of unbranched alkanes of at least 4 members (excludes halogenated alkanes) is 8. The molecule has 0 fully saturated rings. The first-order chi connectivity index (χ1) is 28.7. The van der Waals surface area contributed by atoms with Crippen LogP contribution < -0.4 is 4.89 Å². The minimum atomic E-state index is -4.66. The summed E-state index contributed by atoms with van der Waals surface area (Å²) in [5, 5.41) is 9.74. The average Bonchev–Trinajstić information content (AvgIpc) is 3.45. The third-order valence-electron chi connectivity index (χ3n) is 10.1. The van der Waals surface area contributed by atoms with Gasteiger partial charge in [-0.3, -0.25) is 14.2 Å². The molecule has 2 unspecified atom stereocenters. The maximum Gasteiger partial charge on any atom is 0.306 e. The zero-order valence-electron chi connectivity index (χ0n) is 38.5. The highest BCUT2D eigenvalue weighted by atomic mass is 31.2. The van der Waals surface area contributed by atoms with E-state index in [1.54, 1.807) is 0 Å². The van der Waals surface area contributed by atoms with Crippen molar-refractivity contribution in [1.82, 2.24) is 0 Å². The predicted octanol–water partition coefficient (Wildman–Crippen LogP) is 10.7. The van der Waals surface area contributed by atoms with Gasteiger partial charge in [0.15, 0.2) is 6.10 Å². The number of aliphatic hydroxyl groups excluding tert-OH is 1. The number of ether oxygens (including phenoxy) is 2. The molecule has 0 aliphatic rings. The number of rotatable bonds is 37. The molecule has 11 nitrogen and oxygen atoms in total. The Morgan fingerprint density at radius 3 is 1.87 bits per heavy atom. The predicted molar refractivity (Wildman–Crippen MR) is 240 cm³/mol. The van der Waals surface area contributed by atoms with Crippen LogP contribution in [0.25, 0.3) is 0 Å². The van der Waals surface area contributed by atoms with E-state index in [2.05, 4.69) is 64.2 Å². The quantitative estimate of drug-likeness (QED) is 0.0226. The Labute approximate surface area is 363 Å². The molecule has 0 saturated heterocycles. The van der Waals surface area contributed by atoms with Crippen LogP contribution in [0.2, 0.25) is 0 Å². The number of quaternary nitrogens is 1. The molecular formula is C48H82NO10P. The number of hydrogen-bond acceptors (Lipinski definition) is 10. The largest absolute Gasteiger partial charge is 0.756 e. The number of phosphoric ester groups is 1. The number of allylic oxidation sites excluding steroid dienone is 7. The zero-order chi connectivity index (χ0) is 44.5. The van der Waals surface area contributed by atoms with Crippen LogP contribution in [0.4, 0.5) is 0 Å². The van der Waals surface area contributed by atoms with Gasteiger partial charge in [-0.05, 0) is 89.2 Å². The Bertz CT molecular complexity index is 1460. The number of aryl methyl sites for hydroxylation is 2. The number of phosphoric acid groups is 1. The second-order valence-electron chi connectivity index (χ2n) is 16.8. The summed E-state index contributed by atoms with van der Waals surface area (Å²) < 4.78 is 40.0. The first kappa shape index (κ1) is 55.2. The highest BCUT2D eigenvalue weighted by molar-refractivity contribution is 7.45. The zero-order valence-corrected chi connectivity index (χ0v) is 39.4. The van der Waals surface area contributed by atoms with E-state index in [4.69, 9.17) is 22.9 Å². The van der Waals surface area contributed by atoms with Gasteiger partial charge in [0.1, 0.15) is 31.3 Å². The van der Waals surface area contributed by atoms with E-state index in [0.29, 0.717) is 36.7 Å². The van der Waals surface area contributed by atoms with Gasteiger partial charge in [0.05, 0.1) is 33.9 Å². The van der Waals surface area contributed by atoms with Crippen LogP contribution in [0, 0.1) is 13.8 Å². The number of furan rings is 1. The summed E-state index contributed by atoms with van der Waals surface area (Å²) in [5.41, 5.74) is 2.61. The topological polar surface area (TPSA) is 145 Å². The second kappa shape index (κ2) is 33.8. The number of carbonyl (C=O) groups is 2. The van der Waals surface area contributed by atoms with Crippen LogP contribution in [-0.2, 0) is 45.5 Å². The molecule has 1 aromatic heterocycles. The summed E-state index contributed by atoms with van der Waals surface area (Å²) in [6, 6.07) is 0. The van der Waals surface area contributed by atoms with Crippen LogP contribution in [0.5, 0.6) is 0 Å². The SMILES string of the molecule is CCCc1oc(CCCCCCCCCCC(=O)O[C@H](COC(=O)CCC/C=C\C/C=C\C/C=C\C/C=C\CC(O)CCC)COP(=O)([O-])OCC[N+](C)(C)C)c(C)c1C. The van der Waals surface area contributed by atoms with Gasteiger partial charge >= 0.3 is 11.9 Å². The highest BCUT2D eigenvalue weighted by Crippen LogP contribution is 2.38. The molecule has 0 aromatic carbocycles. The fraction of sp³-hybridized carbons (Fsp3) is 0.708. The van der Waals surface area contributed by atoms with Crippen LogP contribution >= 0.6 is 7.82 Å². The molecule has 1 aromatic rings. The molecule has 344 valence electrons. The molecule has 1 rings (SSSR count). The van der Waals surface area contributed by atoms with Gasteiger partial charge in [0.25, 0.3) is 7.82 Å². The molecule has 1 heterocycles. The van der Waals surface area contributed by atoms with Gasteiger partial charge in [-0.25, -0.2) is 0 Å². The van der Waals surface area contributed by atoms with E-state index in [9.17, 15) is 24.2 Å². The molecule has 0 amide bonds. The lowest BCUT2D eigenvalue weighted by molar-refractivity contribution is -0.870. The Balaban J connectivity index is 2.38. The molecular weight excluding hydrogens is 781 g/mol. The average molecular weight is 864 g/mol. The summed E-state index contributed by atoms with van der Waals surface area (Å²) in [5.74, 6) is 1.33. The molecule has 0 saturated carbocycles. The third kappa shape index (κ3) is 30.3. The Morgan fingerprint density at radius 2 is 1.27 bits per heavy atom. The van der Waals surface area contributed by atoms with Gasteiger partial charge in [0.2, 0.25) is 0 Å². The molecule has 0 aliphatic carbocycles. The fourth-order valence-electron chi connectivity index (χ4n) is 6.30. The van der Waals surface area contributed by atoms with Gasteiger partial charge in [0, 0.05) is 25.7 Å². The number of likely N-dealkylation sites (N-methyl/N-ethyl adjacent to an activating group) is 1. The monoisotopic (exact) mass is 864 g/mol. The van der Waals surface area contributed by atoms with E-state index in [-0.39, 0.29) is 32.2 Å². The Kier molecular flexibility index (Phi) is 31.1. The number of esters is 2. The molecule has 3 atom stereocenters. The van der Waals surface area contributed by atoms with E-state index in [1.807, 2.05) is 33.3 Å². The smallest absolute Gasteiger partial charge is 0.306 e. The van der Waals surface area contributed by atoms with Crippen molar-refractivity contribution < 1.29 is 51.6 Å². The van der Waals surface area contributed by atoms with Gasteiger partial charge in [-0.2, -0.15) is 0 Å². The number of aliphatic hydroxyl groups is 1. The van der Waals surface area contributed by atoms with Crippen LogP contribution in [-0.4, -0.2) is 81.2 Å². The van der Waals surface area contributed by atoms with Crippen molar-refractivity contribution >= 4 is 19.8 Å². The van der Waals surface area contributed by atoms with E-state index >= 15 is 0 Å². The molecule has 0 aliphatic heterocycles. The minimum Gasteiger partial charge on any atom is -0.756 e. The molecule has 0 radical (unpaired) electrons. The van der Waals surface area contributed by atoms with Gasteiger partial charge in [-0.15, -0.1) is 0 Å². The standard InChI is InChI=1S/C48H82NO10P/c1-8-31-43(50)33-27-23-19-15-13-11-10-12-14-16-21-25-29-35-47(51)55-39-44(40-57-60(53,54)56-38-37-49(5,6)7)58-48(52)36-30-26-22-18-17-20-24-28-34-46-42(4)41(3)45(59-46)32-9-2/h10,12-13,15-16,21,23,27,43-44,50H,8-9,11,14,17-20,22,24-26,28-40H2,1-7H3/b12-10-,15-13-,21-16-,27-23-/t43?,44-/m1/s1. The Hall–Kier alpha value is -2.79. The van der Waals surface area contributed by atoms with Crippen LogP contribution in [0.3, 0.4) is 0 Å². The van der Waals surface area contributed by atoms with Crippen LogP contribution in [0.1, 0.15) is 158 Å². The highest BCUT2D eigenvalue weighted by Gasteiger charge is 2.22. The van der Waals surface area contributed by atoms with Gasteiger partial charge in [-0.1, -0.05) is 107 Å². The lowest BCUT2D eigenvalue weighted by Gasteiger charge is -2.28. The summed E-state index contributed by atoms with van der Waals surface area (Å²) in [6.45, 7) is 8.15. The van der Waals surface area contributed by atoms with Crippen molar-refractivity contribution in [2.75, 3.05) is 47.5 Å². The lowest BCUT2D eigenvalue weighted by atomic mass is 10.0. The molecule has 1 N–H and O–H groups in total. The van der Waals surface area contributed by atoms with Crippen molar-refractivity contribution in [3.8, 4) is 0 Å². The van der Waals surface area contributed by atoms with Crippen molar-refractivity contribution in [3.05, 3.63) is 71.3 Å². The first-order valence-corrected chi connectivity index (χ1v) is 24.2. The van der Waals surface area contributed by atoms with Crippen molar-refractivity contribution in [2.24, 2.45) is 0 Å². The first-order valence-electron chi connectivity index (χ1n) is 22.8. The third-order valence-corrected chi connectivity index (χ3v) is 11.0. The normalized spacial score (nSPS) is 14.5. The van der Waals surface area contributed by atoms with Crippen molar-refractivity contribution in [1.29, 1.82) is 0 Å². The van der Waals surface area contributed by atoms with E-state index in [0.717, 1.165) is 95.0 Å².